The van der Waals surface area contributed by atoms with Gasteiger partial charge in [-0.1, -0.05) is 29.5 Å². The lowest BCUT2D eigenvalue weighted by atomic mass is 10.2. The Kier molecular flexibility index (Phi) is 7.72. The molecule has 3 rings (SSSR count). The molecule has 0 fully saturated rings. The topological polar surface area (TPSA) is 102 Å². The van der Waals surface area contributed by atoms with Gasteiger partial charge in [-0.3, -0.25) is 14.9 Å². The molecular weight excluding hydrogens is 416 g/mol. The number of aromatic nitrogens is 2. The summed E-state index contributed by atoms with van der Waals surface area (Å²) in [6.07, 6.45) is 3.63. The number of anilines is 1. The summed E-state index contributed by atoms with van der Waals surface area (Å²) in [5.41, 5.74) is 1.40. The molecular formula is C22H22N4O4S. The number of rotatable bonds is 9. The highest BCUT2D eigenvalue weighted by Gasteiger charge is 2.09. The standard InChI is InChI=1S/C22H22N4O4S/c1-29-17-9-6-15(7-10-17)8-11-19(27)24-22-26-25-20(31-22)12-13-23-21(28)16-4-3-5-18(14-16)30-2/h3-11,14H,12-13H2,1-2H3,(H,23,28)(H,24,26,27)/b11-8+. The lowest BCUT2D eigenvalue weighted by Gasteiger charge is -2.05. The van der Waals surface area contributed by atoms with E-state index in [1.807, 2.05) is 24.3 Å². The van der Waals surface area contributed by atoms with Crippen LogP contribution in [0.1, 0.15) is 20.9 Å². The molecule has 2 aromatic carbocycles. The van der Waals surface area contributed by atoms with E-state index in [0.29, 0.717) is 34.4 Å². The van der Waals surface area contributed by atoms with Crippen LogP contribution in [-0.4, -0.2) is 42.8 Å². The molecule has 0 aliphatic heterocycles. The highest BCUT2D eigenvalue weighted by Crippen LogP contribution is 2.16. The van der Waals surface area contributed by atoms with Gasteiger partial charge < -0.3 is 14.8 Å². The molecule has 0 saturated carbocycles. The normalized spacial score (nSPS) is 10.6. The minimum atomic E-state index is -0.301. The Labute approximate surface area is 183 Å². The van der Waals surface area contributed by atoms with E-state index in [2.05, 4.69) is 20.8 Å². The van der Waals surface area contributed by atoms with E-state index in [-0.39, 0.29) is 11.8 Å². The van der Waals surface area contributed by atoms with Gasteiger partial charge in [-0.05, 0) is 42.0 Å². The molecule has 0 saturated heterocycles. The van der Waals surface area contributed by atoms with Crippen molar-refractivity contribution in [2.24, 2.45) is 0 Å². The van der Waals surface area contributed by atoms with Gasteiger partial charge in [-0.25, -0.2) is 0 Å². The summed E-state index contributed by atoms with van der Waals surface area (Å²) in [6, 6.07) is 14.3. The van der Waals surface area contributed by atoms with Crippen LogP contribution in [0.2, 0.25) is 0 Å². The smallest absolute Gasteiger partial charge is 0.251 e. The number of carbonyl (C=O) groups excluding carboxylic acids is 2. The first-order valence-electron chi connectivity index (χ1n) is 9.45. The molecule has 3 aromatic rings. The van der Waals surface area contributed by atoms with Gasteiger partial charge >= 0.3 is 0 Å². The van der Waals surface area contributed by atoms with Gasteiger partial charge in [0.15, 0.2) is 0 Å². The summed E-state index contributed by atoms with van der Waals surface area (Å²) in [5, 5.41) is 14.6. The Balaban J connectivity index is 1.45. The van der Waals surface area contributed by atoms with Crippen molar-refractivity contribution in [2.75, 3.05) is 26.1 Å². The third-order valence-corrected chi connectivity index (χ3v) is 5.09. The van der Waals surface area contributed by atoms with Gasteiger partial charge in [0.25, 0.3) is 5.91 Å². The number of ether oxygens (including phenoxy) is 2. The average Bonchev–Trinajstić information content (AvgIpc) is 3.25. The molecule has 0 aliphatic carbocycles. The second-order valence-electron chi connectivity index (χ2n) is 6.33. The lowest BCUT2D eigenvalue weighted by Crippen LogP contribution is -2.25. The zero-order chi connectivity index (χ0) is 22.1. The van der Waals surface area contributed by atoms with E-state index >= 15 is 0 Å². The van der Waals surface area contributed by atoms with E-state index in [9.17, 15) is 9.59 Å². The second kappa shape index (κ2) is 10.9. The van der Waals surface area contributed by atoms with Crippen LogP contribution >= 0.6 is 11.3 Å². The Morgan fingerprint density at radius 2 is 1.81 bits per heavy atom. The Hall–Kier alpha value is -3.72. The SMILES string of the molecule is COc1ccc(/C=C/C(=O)Nc2nnc(CCNC(=O)c3cccc(OC)c3)s2)cc1. The number of benzene rings is 2. The molecule has 0 aliphatic rings. The molecule has 160 valence electrons. The first-order valence-corrected chi connectivity index (χ1v) is 10.3. The number of hydrogen-bond donors (Lipinski definition) is 2. The van der Waals surface area contributed by atoms with Crippen molar-refractivity contribution in [1.29, 1.82) is 0 Å². The molecule has 1 heterocycles. The van der Waals surface area contributed by atoms with Crippen molar-refractivity contribution in [1.82, 2.24) is 15.5 Å². The van der Waals surface area contributed by atoms with Crippen LogP contribution < -0.4 is 20.1 Å². The van der Waals surface area contributed by atoms with Crippen molar-refractivity contribution in [3.63, 3.8) is 0 Å². The number of nitrogens with one attached hydrogen (secondary N) is 2. The summed E-state index contributed by atoms with van der Waals surface area (Å²) in [6.45, 7) is 0.399. The number of amides is 2. The molecule has 31 heavy (non-hydrogen) atoms. The predicted octanol–water partition coefficient (Wildman–Crippen LogP) is 3.18. The highest BCUT2D eigenvalue weighted by molar-refractivity contribution is 7.15. The summed E-state index contributed by atoms with van der Waals surface area (Å²) in [7, 11) is 3.15. The maximum absolute atomic E-state index is 12.2. The van der Waals surface area contributed by atoms with Crippen LogP contribution in [0.25, 0.3) is 6.08 Å². The molecule has 0 unspecified atom stereocenters. The second-order valence-corrected chi connectivity index (χ2v) is 7.40. The predicted molar refractivity (Wildman–Crippen MR) is 120 cm³/mol. The maximum atomic E-state index is 12.2. The van der Waals surface area contributed by atoms with Gasteiger partial charge in [-0.15, -0.1) is 10.2 Å². The van der Waals surface area contributed by atoms with Gasteiger partial charge in [0, 0.05) is 24.6 Å². The molecule has 0 spiro atoms. The fraction of sp³-hybridized carbons (Fsp3) is 0.182. The molecule has 2 N–H and O–H groups in total. The summed E-state index contributed by atoms with van der Waals surface area (Å²) in [5.74, 6) is 0.881. The molecule has 1 aromatic heterocycles. The van der Waals surface area contributed by atoms with Gasteiger partial charge in [0.05, 0.1) is 14.2 Å². The number of methoxy groups -OCH3 is 2. The fourth-order valence-electron chi connectivity index (χ4n) is 2.59. The van der Waals surface area contributed by atoms with Crippen LogP contribution in [-0.2, 0) is 11.2 Å². The largest absolute Gasteiger partial charge is 0.497 e. The van der Waals surface area contributed by atoms with Gasteiger partial charge in [-0.2, -0.15) is 0 Å². The van der Waals surface area contributed by atoms with E-state index in [1.165, 1.54) is 17.4 Å². The summed E-state index contributed by atoms with van der Waals surface area (Å²) >= 11 is 1.27. The van der Waals surface area contributed by atoms with Crippen molar-refractivity contribution >= 4 is 34.4 Å². The van der Waals surface area contributed by atoms with E-state index in [1.54, 1.807) is 44.6 Å². The number of nitrogens with zero attached hydrogens (tertiary/aromatic N) is 2. The minimum absolute atomic E-state index is 0.194. The lowest BCUT2D eigenvalue weighted by molar-refractivity contribution is -0.111. The summed E-state index contributed by atoms with van der Waals surface area (Å²) < 4.78 is 10.2. The van der Waals surface area contributed by atoms with E-state index in [0.717, 1.165) is 11.3 Å². The minimum Gasteiger partial charge on any atom is -0.497 e. The van der Waals surface area contributed by atoms with Crippen LogP contribution in [0, 0.1) is 0 Å². The Morgan fingerprint density at radius 3 is 2.55 bits per heavy atom. The third kappa shape index (κ3) is 6.65. The quantitative estimate of drug-likeness (QED) is 0.498. The number of carbonyl (C=O) groups is 2. The Morgan fingerprint density at radius 1 is 1.03 bits per heavy atom. The highest BCUT2D eigenvalue weighted by atomic mass is 32.1. The molecule has 9 heteroatoms. The van der Waals surface area contributed by atoms with Crippen molar-refractivity contribution in [3.05, 3.63) is 70.7 Å². The van der Waals surface area contributed by atoms with Crippen molar-refractivity contribution in [3.8, 4) is 11.5 Å². The molecule has 8 nitrogen and oxygen atoms in total. The number of hydrogen-bond acceptors (Lipinski definition) is 7. The van der Waals surface area contributed by atoms with E-state index in [4.69, 9.17) is 9.47 Å². The monoisotopic (exact) mass is 438 g/mol. The summed E-state index contributed by atoms with van der Waals surface area (Å²) in [4.78, 5) is 24.3. The molecule has 0 atom stereocenters. The fourth-order valence-corrected chi connectivity index (χ4v) is 3.33. The van der Waals surface area contributed by atoms with Crippen LogP contribution in [0.3, 0.4) is 0 Å². The van der Waals surface area contributed by atoms with Crippen molar-refractivity contribution in [2.45, 2.75) is 6.42 Å². The molecule has 2 amide bonds. The van der Waals surface area contributed by atoms with Crippen LogP contribution in [0.5, 0.6) is 11.5 Å². The Bertz CT molecular complexity index is 1060. The first kappa shape index (κ1) is 22.0. The zero-order valence-corrected chi connectivity index (χ0v) is 17.9. The van der Waals surface area contributed by atoms with Crippen LogP contribution in [0.4, 0.5) is 5.13 Å². The maximum Gasteiger partial charge on any atom is 0.251 e. The van der Waals surface area contributed by atoms with Gasteiger partial charge in [0.1, 0.15) is 16.5 Å². The average molecular weight is 439 g/mol. The molecule has 0 radical (unpaired) electrons. The van der Waals surface area contributed by atoms with E-state index < -0.39 is 0 Å². The zero-order valence-electron chi connectivity index (χ0n) is 17.1. The van der Waals surface area contributed by atoms with Gasteiger partial charge in [0.2, 0.25) is 11.0 Å². The third-order valence-electron chi connectivity index (χ3n) is 4.20. The first-order chi connectivity index (χ1) is 15.1. The van der Waals surface area contributed by atoms with Crippen LogP contribution in [0.15, 0.2) is 54.6 Å². The van der Waals surface area contributed by atoms with Crippen molar-refractivity contribution < 1.29 is 19.1 Å². The molecule has 0 bridgehead atoms.